The number of nitrogens with one attached hydrogen (secondary N) is 1. The average Bonchev–Trinajstić information content (AvgIpc) is 2.31. The fourth-order valence-corrected chi connectivity index (χ4v) is 2.08. The van der Waals surface area contributed by atoms with Crippen molar-refractivity contribution < 1.29 is 4.39 Å². The Morgan fingerprint density at radius 1 is 1.22 bits per heavy atom. The maximum atomic E-state index is 13.1. The molecule has 0 heterocycles. The van der Waals surface area contributed by atoms with E-state index in [2.05, 4.69) is 21.2 Å². The third kappa shape index (κ3) is 3.05. The highest BCUT2D eigenvalue weighted by Crippen LogP contribution is 2.24. The highest BCUT2D eigenvalue weighted by Gasteiger charge is 2.06. The molecule has 0 aliphatic heterocycles. The van der Waals surface area contributed by atoms with Gasteiger partial charge < -0.3 is 11.1 Å². The van der Waals surface area contributed by atoms with Gasteiger partial charge in [-0.1, -0.05) is 34.2 Å². The predicted octanol–water partition coefficient (Wildman–Crippen LogP) is 3.97. The van der Waals surface area contributed by atoms with Gasteiger partial charge in [-0.2, -0.15) is 0 Å². The van der Waals surface area contributed by atoms with Crippen molar-refractivity contribution in [1.82, 2.24) is 0 Å². The first-order valence-corrected chi connectivity index (χ1v) is 6.38. The highest BCUT2D eigenvalue weighted by atomic mass is 79.9. The first kappa shape index (κ1) is 13.0. The smallest absolute Gasteiger partial charge is 0.125 e. The first-order valence-electron chi connectivity index (χ1n) is 5.18. The van der Waals surface area contributed by atoms with Crippen molar-refractivity contribution in [2.75, 3.05) is 5.32 Å². The average molecular weight is 325 g/mol. The van der Waals surface area contributed by atoms with Crippen molar-refractivity contribution >= 4 is 44.5 Å². The molecule has 0 saturated heterocycles. The van der Waals surface area contributed by atoms with Crippen molar-refractivity contribution in [3.05, 3.63) is 58.3 Å². The second kappa shape index (κ2) is 5.46. The molecule has 2 rings (SSSR count). The normalized spacial score (nSPS) is 10.1. The summed E-state index contributed by atoms with van der Waals surface area (Å²) in [5.74, 6) is -0.297. The van der Waals surface area contributed by atoms with E-state index < -0.39 is 0 Å². The van der Waals surface area contributed by atoms with Crippen LogP contribution >= 0.6 is 28.1 Å². The minimum absolute atomic E-state index is 0.287. The Balaban J connectivity index is 2.37. The van der Waals surface area contributed by atoms with Crippen LogP contribution in [0.3, 0.4) is 0 Å². The molecule has 0 spiro atoms. The van der Waals surface area contributed by atoms with Crippen LogP contribution in [0, 0.1) is 5.82 Å². The van der Waals surface area contributed by atoms with E-state index in [1.54, 1.807) is 12.1 Å². The summed E-state index contributed by atoms with van der Waals surface area (Å²) in [6, 6.07) is 11.7. The molecule has 0 aromatic heterocycles. The molecule has 2 aromatic carbocycles. The van der Waals surface area contributed by atoms with Crippen molar-refractivity contribution in [2.24, 2.45) is 5.73 Å². The van der Waals surface area contributed by atoms with E-state index >= 15 is 0 Å². The van der Waals surface area contributed by atoms with Crippen LogP contribution < -0.4 is 11.1 Å². The summed E-state index contributed by atoms with van der Waals surface area (Å²) in [5.41, 5.74) is 7.77. The monoisotopic (exact) mass is 324 g/mol. The van der Waals surface area contributed by atoms with Gasteiger partial charge in [0.2, 0.25) is 0 Å². The zero-order valence-electron chi connectivity index (χ0n) is 9.28. The van der Waals surface area contributed by atoms with Gasteiger partial charge in [0.1, 0.15) is 10.8 Å². The number of rotatable bonds is 3. The molecule has 18 heavy (non-hydrogen) atoms. The summed E-state index contributed by atoms with van der Waals surface area (Å²) >= 11 is 8.35. The molecular weight excluding hydrogens is 315 g/mol. The van der Waals surface area contributed by atoms with Gasteiger partial charge >= 0.3 is 0 Å². The van der Waals surface area contributed by atoms with Crippen LogP contribution in [0.2, 0.25) is 0 Å². The van der Waals surface area contributed by atoms with Gasteiger partial charge in [0, 0.05) is 21.4 Å². The van der Waals surface area contributed by atoms with Crippen molar-refractivity contribution in [3.63, 3.8) is 0 Å². The second-order valence-electron chi connectivity index (χ2n) is 3.69. The molecule has 5 heteroatoms. The highest BCUT2D eigenvalue weighted by molar-refractivity contribution is 9.10. The Morgan fingerprint density at radius 3 is 2.67 bits per heavy atom. The van der Waals surface area contributed by atoms with Crippen LogP contribution in [-0.4, -0.2) is 4.99 Å². The number of nitrogens with two attached hydrogens (primary N) is 1. The number of anilines is 2. The molecule has 92 valence electrons. The Labute approximate surface area is 118 Å². The molecule has 0 saturated carbocycles. The Morgan fingerprint density at radius 2 is 2.00 bits per heavy atom. The molecule has 0 unspecified atom stereocenters. The van der Waals surface area contributed by atoms with Crippen LogP contribution in [0.15, 0.2) is 46.9 Å². The van der Waals surface area contributed by atoms with E-state index in [1.807, 2.05) is 18.2 Å². The van der Waals surface area contributed by atoms with Gasteiger partial charge in [-0.25, -0.2) is 4.39 Å². The van der Waals surface area contributed by atoms with Gasteiger partial charge in [0.05, 0.1) is 0 Å². The van der Waals surface area contributed by atoms with Crippen LogP contribution in [0.25, 0.3) is 0 Å². The molecule has 0 atom stereocenters. The topological polar surface area (TPSA) is 38.0 Å². The summed E-state index contributed by atoms with van der Waals surface area (Å²) in [7, 11) is 0. The molecular formula is C13H10BrFN2S. The summed E-state index contributed by atoms with van der Waals surface area (Å²) in [4.78, 5) is 0.287. The lowest BCUT2D eigenvalue weighted by Gasteiger charge is -2.11. The summed E-state index contributed by atoms with van der Waals surface area (Å²) in [6.45, 7) is 0. The molecule has 0 amide bonds. The van der Waals surface area contributed by atoms with Crippen LogP contribution in [0.5, 0.6) is 0 Å². The lowest BCUT2D eigenvalue weighted by molar-refractivity contribution is 0.628. The molecule has 0 radical (unpaired) electrons. The van der Waals surface area contributed by atoms with Crippen molar-refractivity contribution in [2.45, 2.75) is 0 Å². The molecule has 0 aliphatic rings. The van der Waals surface area contributed by atoms with Crippen LogP contribution in [0.4, 0.5) is 15.8 Å². The number of hydrogen-bond acceptors (Lipinski definition) is 2. The third-order valence-electron chi connectivity index (χ3n) is 2.35. The fraction of sp³-hybridized carbons (Fsp3) is 0. The van der Waals surface area contributed by atoms with Crippen LogP contribution in [-0.2, 0) is 0 Å². The van der Waals surface area contributed by atoms with Gasteiger partial charge in [0.25, 0.3) is 0 Å². The number of thiocarbonyl (C=S) groups is 1. The summed E-state index contributed by atoms with van der Waals surface area (Å²) in [6.07, 6.45) is 0. The van der Waals surface area contributed by atoms with E-state index in [1.165, 1.54) is 12.1 Å². The van der Waals surface area contributed by atoms with E-state index in [4.69, 9.17) is 18.0 Å². The summed E-state index contributed by atoms with van der Waals surface area (Å²) in [5, 5.41) is 3.09. The van der Waals surface area contributed by atoms with Gasteiger partial charge in [-0.3, -0.25) is 0 Å². The zero-order valence-corrected chi connectivity index (χ0v) is 11.7. The minimum atomic E-state index is -0.297. The first-order chi connectivity index (χ1) is 8.56. The lowest BCUT2D eigenvalue weighted by Crippen LogP contribution is -2.12. The van der Waals surface area contributed by atoms with E-state index in [0.717, 1.165) is 10.2 Å². The lowest BCUT2D eigenvalue weighted by atomic mass is 10.1. The second-order valence-corrected chi connectivity index (χ2v) is 5.05. The van der Waals surface area contributed by atoms with Gasteiger partial charge in [-0.05, 0) is 36.4 Å². The Hall–Kier alpha value is -1.46. The molecule has 0 bridgehead atoms. The van der Waals surface area contributed by atoms with Crippen molar-refractivity contribution in [1.29, 1.82) is 0 Å². The van der Waals surface area contributed by atoms with Crippen molar-refractivity contribution in [3.8, 4) is 0 Å². The SMILES string of the molecule is NC(=S)c1cc(Br)ccc1Nc1cccc(F)c1. The molecule has 2 nitrogen and oxygen atoms in total. The van der Waals surface area contributed by atoms with Gasteiger partial charge in [-0.15, -0.1) is 0 Å². The maximum absolute atomic E-state index is 13.1. The minimum Gasteiger partial charge on any atom is -0.389 e. The zero-order chi connectivity index (χ0) is 13.1. The number of hydrogen-bond donors (Lipinski definition) is 2. The number of benzene rings is 2. The quantitative estimate of drug-likeness (QED) is 0.839. The summed E-state index contributed by atoms with van der Waals surface area (Å²) < 4.78 is 14.0. The number of halogens is 2. The van der Waals surface area contributed by atoms with E-state index in [-0.39, 0.29) is 10.8 Å². The van der Waals surface area contributed by atoms with Crippen LogP contribution in [0.1, 0.15) is 5.56 Å². The predicted molar refractivity (Wildman–Crippen MR) is 79.7 cm³/mol. The Bertz CT molecular complexity index is 601. The molecule has 3 N–H and O–H groups in total. The van der Waals surface area contributed by atoms with Gasteiger partial charge in [0.15, 0.2) is 0 Å². The van der Waals surface area contributed by atoms with E-state index in [9.17, 15) is 4.39 Å². The fourth-order valence-electron chi connectivity index (χ4n) is 1.55. The molecule has 0 aliphatic carbocycles. The largest absolute Gasteiger partial charge is 0.389 e. The third-order valence-corrected chi connectivity index (χ3v) is 3.06. The van der Waals surface area contributed by atoms with E-state index in [0.29, 0.717) is 11.3 Å². The Kier molecular flexibility index (Phi) is 3.93. The molecule has 0 fully saturated rings. The molecule has 2 aromatic rings. The standard InChI is InChI=1S/C13H10BrFN2S/c14-8-4-5-12(11(6-8)13(16)18)17-10-3-1-2-9(15)7-10/h1-7,17H,(H2,16,18). The maximum Gasteiger partial charge on any atom is 0.125 e.